The number of rotatable bonds is 3. The van der Waals surface area contributed by atoms with E-state index in [0.717, 1.165) is 27.8 Å². The van der Waals surface area contributed by atoms with Crippen LogP contribution in [0.15, 0.2) is 40.6 Å². The molecule has 2 aromatic rings. The molecule has 1 N–H and O–H groups in total. The number of aliphatic imine (C=N–C) groups is 1. The van der Waals surface area contributed by atoms with Crippen molar-refractivity contribution in [1.29, 1.82) is 0 Å². The molecule has 0 unspecified atom stereocenters. The van der Waals surface area contributed by atoms with Gasteiger partial charge in [0.1, 0.15) is 17.2 Å². The van der Waals surface area contributed by atoms with Crippen molar-refractivity contribution in [3.63, 3.8) is 0 Å². The maximum Gasteiger partial charge on any atom is 0.277 e. The van der Waals surface area contributed by atoms with E-state index in [2.05, 4.69) is 20.3 Å². The monoisotopic (exact) mass is 284 g/mol. The Bertz CT molecular complexity index is 727. The minimum atomic E-state index is -0.171. The third-order valence-electron chi connectivity index (χ3n) is 3.03. The summed E-state index contributed by atoms with van der Waals surface area (Å²) in [6, 6.07) is 7.44. The number of thioether (sulfide) groups is 1. The van der Waals surface area contributed by atoms with Crippen molar-refractivity contribution < 1.29 is 4.79 Å². The van der Waals surface area contributed by atoms with E-state index in [1.54, 1.807) is 17.8 Å². The highest BCUT2D eigenvalue weighted by Crippen LogP contribution is 2.25. The van der Waals surface area contributed by atoms with Crippen molar-refractivity contribution in [1.82, 2.24) is 9.97 Å². The Morgan fingerprint density at radius 3 is 2.80 bits per heavy atom. The van der Waals surface area contributed by atoms with Crippen LogP contribution < -0.4 is 5.32 Å². The smallest absolute Gasteiger partial charge is 0.277 e. The quantitative estimate of drug-likeness (QED) is 0.693. The normalized spacial score (nSPS) is 13.1. The predicted octanol–water partition coefficient (Wildman–Crippen LogP) is 2.90. The summed E-state index contributed by atoms with van der Waals surface area (Å²) in [6.45, 7) is 1.84. The average Bonchev–Trinajstić information content (AvgIpc) is 2.74. The Kier molecular flexibility index (Phi) is 3.23. The molecule has 100 valence electrons. The number of fused-ring (bicyclic) bond motifs is 1. The van der Waals surface area contributed by atoms with Crippen LogP contribution >= 0.6 is 11.8 Å². The molecule has 20 heavy (non-hydrogen) atoms. The van der Waals surface area contributed by atoms with Gasteiger partial charge in [0.2, 0.25) is 0 Å². The van der Waals surface area contributed by atoms with Gasteiger partial charge in [-0.15, -0.1) is 11.8 Å². The van der Waals surface area contributed by atoms with Crippen molar-refractivity contribution >= 4 is 34.9 Å². The van der Waals surface area contributed by atoms with Gasteiger partial charge in [-0.2, -0.15) is 0 Å². The van der Waals surface area contributed by atoms with Crippen LogP contribution in [-0.2, 0) is 0 Å². The number of aromatic nitrogens is 2. The van der Waals surface area contributed by atoms with E-state index < -0.39 is 0 Å². The third-order valence-corrected chi connectivity index (χ3v) is 3.67. The molecule has 1 aromatic carbocycles. The highest BCUT2D eigenvalue weighted by atomic mass is 32.2. The number of carbonyl (C=O) groups is 1. The number of hydrogen-bond donors (Lipinski definition) is 1. The molecule has 5 nitrogen and oxygen atoms in total. The first-order valence-electron chi connectivity index (χ1n) is 6.04. The standard InChI is InChI=1S/C14H12N4OS/c1-8-11-5-9(3-4-10(11)14(19)17-8)18-12-6-13(20-2)16-7-15-12/h3-7H,1-2H3,(H,15,16,18). The SMILES string of the molecule is CSc1cc(Nc2ccc3c(c2)C(C)=NC3=O)ncn1. The molecule has 1 aliphatic rings. The molecular weight excluding hydrogens is 272 g/mol. The molecule has 0 atom stereocenters. The van der Waals surface area contributed by atoms with Crippen LogP contribution in [0.5, 0.6) is 0 Å². The van der Waals surface area contributed by atoms with E-state index >= 15 is 0 Å². The largest absolute Gasteiger partial charge is 0.340 e. The first-order chi connectivity index (χ1) is 9.67. The van der Waals surface area contributed by atoms with E-state index in [0.29, 0.717) is 5.56 Å². The van der Waals surface area contributed by atoms with E-state index in [1.165, 1.54) is 6.33 Å². The summed E-state index contributed by atoms with van der Waals surface area (Å²) in [5.41, 5.74) is 3.15. The Labute approximate surface area is 120 Å². The molecule has 1 aromatic heterocycles. The van der Waals surface area contributed by atoms with E-state index in [4.69, 9.17) is 0 Å². The van der Waals surface area contributed by atoms with Crippen LogP contribution in [0.1, 0.15) is 22.8 Å². The van der Waals surface area contributed by atoms with Crippen molar-refractivity contribution in [2.75, 3.05) is 11.6 Å². The summed E-state index contributed by atoms with van der Waals surface area (Å²) in [7, 11) is 0. The Balaban J connectivity index is 1.91. The topological polar surface area (TPSA) is 67.2 Å². The summed E-state index contributed by atoms with van der Waals surface area (Å²) in [6.07, 6.45) is 3.49. The minimum absolute atomic E-state index is 0.171. The Morgan fingerprint density at radius 1 is 1.15 bits per heavy atom. The average molecular weight is 284 g/mol. The molecule has 1 aliphatic heterocycles. The molecule has 1 amide bonds. The lowest BCUT2D eigenvalue weighted by Gasteiger charge is -2.08. The van der Waals surface area contributed by atoms with E-state index in [1.807, 2.05) is 31.4 Å². The Morgan fingerprint density at radius 2 is 2.00 bits per heavy atom. The highest BCUT2D eigenvalue weighted by Gasteiger charge is 2.20. The van der Waals surface area contributed by atoms with Crippen LogP contribution in [0, 0.1) is 0 Å². The molecule has 0 aliphatic carbocycles. The van der Waals surface area contributed by atoms with Crippen LogP contribution in [0.25, 0.3) is 0 Å². The van der Waals surface area contributed by atoms with Gasteiger partial charge < -0.3 is 5.32 Å². The third kappa shape index (κ3) is 2.30. The second-order valence-electron chi connectivity index (χ2n) is 4.33. The van der Waals surface area contributed by atoms with Gasteiger partial charge in [-0.05, 0) is 31.4 Å². The lowest BCUT2D eigenvalue weighted by molar-refractivity contribution is 0.101. The maximum atomic E-state index is 11.6. The molecule has 0 saturated carbocycles. The number of amides is 1. The molecule has 0 spiro atoms. The summed E-state index contributed by atoms with van der Waals surface area (Å²) >= 11 is 1.56. The van der Waals surface area contributed by atoms with Crippen LogP contribution in [0.2, 0.25) is 0 Å². The highest BCUT2D eigenvalue weighted by molar-refractivity contribution is 7.98. The second kappa shape index (κ2) is 5.05. The number of anilines is 2. The lowest BCUT2D eigenvalue weighted by Crippen LogP contribution is -1.99. The number of benzene rings is 1. The molecule has 3 rings (SSSR count). The van der Waals surface area contributed by atoms with Crippen LogP contribution in [0.3, 0.4) is 0 Å². The number of nitrogens with zero attached hydrogens (tertiary/aromatic N) is 3. The lowest BCUT2D eigenvalue weighted by atomic mass is 10.1. The van der Waals surface area contributed by atoms with Gasteiger partial charge in [0.15, 0.2) is 0 Å². The zero-order valence-corrected chi connectivity index (χ0v) is 11.9. The van der Waals surface area contributed by atoms with E-state index in [-0.39, 0.29) is 5.91 Å². The fraction of sp³-hybridized carbons (Fsp3) is 0.143. The predicted molar refractivity (Wildman–Crippen MR) is 80.1 cm³/mol. The summed E-state index contributed by atoms with van der Waals surface area (Å²) < 4.78 is 0. The van der Waals surface area contributed by atoms with E-state index in [9.17, 15) is 4.79 Å². The van der Waals surface area contributed by atoms with Crippen molar-refractivity contribution in [2.24, 2.45) is 4.99 Å². The molecule has 0 saturated heterocycles. The van der Waals surface area contributed by atoms with Gasteiger partial charge in [0.05, 0.1) is 5.56 Å². The van der Waals surface area contributed by atoms with Gasteiger partial charge in [-0.1, -0.05) is 0 Å². The summed E-state index contributed by atoms with van der Waals surface area (Å²) in [5, 5.41) is 4.11. The Hall–Kier alpha value is -2.21. The van der Waals surface area contributed by atoms with Gasteiger partial charge in [0.25, 0.3) is 5.91 Å². The first kappa shape index (κ1) is 12.8. The molecule has 0 fully saturated rings. The molecule has 0 bridgehead atoms. The van der Waals surface area contributed by atoms with Gasteiger partial charge in [-0.25, -0.2) is 15.0 Å². The van der Waals surface area contributed by atoms with Gasteiger partial charge in [0, 0.05) is 23.0 Å². The van der Waals surface area contributed by atoms with Crippen molar-refractivity contribution in [3.05, 3.63) is 41.7 Å². The summed E-state index contributed by atoms with van der Waals surface area (Å²) in [5.74, 6) is 0.555. The fourth-order valence-corrected chi connectivity index (χ4v) is 2.43. The molecule has 0 radical (unpaired) electrons. The molecule has 6 heteroatoms. The first-order valence-corrected chi connectivity index (χ1v) is 7.27. The number of carbonyl (C=O) groups excluding carboxylic acids is 1. The van der Waals surface area contributed by atoms with Crippen molar-refractivity contribution in [2.45, 2.75) is 11.9 Å². The molecule has 2 heterocycles. The second-order valence-corrected chi connectivity index (χ2v) is 5.16. The maximum absolute atomic E-state index is 11.6. The summed E-state index contributed by atoms with van der Waals surface area (Å²) in [4.78, 5) is 23.9. The van der Waals surface area contributed by atoms with Gasteiger partial charge >= 0.3 is 0 Å². The minimum Gasteiger partial charge on any atom is -0.340 e. The number of hydrogen-bond acceptors (Lipinski definition) is 5. The van der Waals surface area contributed by atoms with Crippen LogP contribution in [0.4, 0.5) is 11.5 Å². The zero-order chi connectivity index (χ0) is 14.1. The number of nitrogens with one attached hydrogen (secondary N) is 1. The zero-order valence-electron chi connectivity index (χ0n) is 11.0. The van der Waals surface area contributed by atoms with Gasteiger partial charge in [-0.3, -0.25) is 4.79 Å². The fourth-order valence-electron chi connectivity index (χ4n) is 2.05. The van der Waals surface area contributed by atoms with Crippen LogP contribution in [-0.4, -0.2) is 27.8 Å². The molecular formula is C14H12N4OS. The van der Waals surface area contributed by atoms with Crippen molar-refractivity contribution in [3.8, 4) is 0 Å².